The summed E-state index contributed by atoms with van der Waals surface area (Å²) < 4.78 is 29.8. The smallest absolute Gasteiger partial charge is 0.195 e. The van der Waals surface area contributed by atoms with Crippen molar-refractivity contribution in [1.82, 2.24) is 0 Å². The largest absolute Gasteiger partial charge is 0.390 e. The van der Waals surface area contributed by atoms with E-state index in [0.29, 0.717) is 25.7 Å². The Hall–Kier alpha value is -0.880. The Morgan fingerprint density at radius 2 is 1.93 bits per heavy atom. The van der Waals surface area contributed by atoms with Crippen LogP contribution in [0.15, 0.2) is 0 Å². The van der Waals surface area contributed by atoms with Crippen molar-refractivity contribution in [2.75, 3.05) is 6.67 Å². The highest BCUT2D eigenvalue weighted by Crippen LogP contribution is 2.68. The summed E-state index contributed by atoms with van der Waals surface area (Å²) in [5.74, 6) is -2.01. The van der Waals surface area contributed by atoms with E-state index < -0.39 is 46.6 Å². The first-order chi connectivity index (χ1) is 12.5. The van der Waals surface area contributed by atoms with E-state index in [9.17, 15) is 24.2 Å². The summed E-state index contributed by atoms with van der Waals surface area (Å²) in [5, 5.41) is 22.0. The van der Waals surface area contributed by atoms with Crippen LogP contribution in [0.4, 0.5) is 8.78 Å². The van der Waals surface area contributed by atoms with Crippen LogP contribution in [-0.4, -0.2) is 45.8 Å². The van der Waals surface area contributed by atoms with Crippen LogP contribution in [0.2, 0.25) is 0 Å². The van der Waals surface area contributed by atoms with Crippen LogP contribution >= 0.6 is 0 Å². The Balaban J connectivity index is 2.06. The zero-order valence-electron chi connectivity index (χ0n) is 16.6. The summed E-state index contributed by atoms with van der Waals surface area (Å²) in [7, 11) is 0. The van der Waals surface area contributed by atoms with Crippen LogP contribution in [0, 0.1) is 22.7 Å². The van der Waals surface area contributed by atoms with E-state index in [1.54, 1.807) is 13.8 Å². The van der Waals surface area contributed by atoms with Crippen LogP contribution in [0.25, 0.3) is 0 Å². The van der Waals surface area contributed by atoms with E-state index in [4.69, 9.17) is 0 Å². The Morgan fingerprint density at radius 3 is 2.52 bits per heavy atom. The maximum atomic E-state index is 16.7. The van der Waals surface area contributed by atoms with Crippen molar-refractivity contribution in [3.63, 3.8) is 0 Å². The number of rotatable bonds is 5. The minimum absolute atomic E-state index is 0.0792. The molecule has 0 amide bonds. The molecule has 0 unspecified atom stereocenters. The summed E-state index contributed by atoms with van der Waals surface area (Å²) in [6.07, 6.45) is 1.32. The van der Waals surface area contributed by atoms with Gasteiger partial charge in [0.25, 0.3) is 0 Å². The number of halogens is 2. The van der Waals surface area contributed by atoms with Crippen LogP contribution in [0.3, 0.4) is 0 Å². The topological polar surface area (TPSA) is 74.6 Å². The molecule has 0 saturated heterocycles. The highest BCUT2D eigenvalue weighted by Gasteiger charge is 2.74. The maximum Gasteiger partial charge on any atom is 0.195 e. The molecule has 0 aliphatic heterocycles. The van der Waals surface area contributed by atoms with Crippen LogP contribution in [0.1, 0.15) is 72.1 Å². The van der Waals surface area contributed by atoms with Crippen molar-refractivity contribution in [1.29, 1.82) is 0 Å². The number of aliphatic hydroxyl groups excluding tert-OH is 1. The van der Waals surface area contributed by atoms with Gasteiger partial charge in [0.15, 0.2) is 18.1 Å². The maximum absolute atomic E-state index is 16.7. The molecule has 0 aromatic carbocycles. The number of alkyl halides is 2. The molecule has 0 spiro atoms. The number of carbonyl (C=O) groups is 2. The molecule has 2 N–H and O–H groups in total. The van der Waals surface area contributed by atoms with E-state index >= 15 is 4.39 Å². The molecule has 7 atom stereocenters. The zero-order chi connectivity index (χ0) is 20.3. The molecule has 4 nitrogen and oxygen atoms in total. The third-order valence-corrected chi connectivity index (χ3v) is 8.46. The molecule has 0 aromatic heterocycles. The number of hydrogen-bond donors (Lipinski definition) is 2. The number of hydrogen-bond acceptors (Lipinski definition) is 4. The van der Waals surface area contributed by atoms with Gasteiger partial charge in [0.2, 0.25) is 0 Å². The van der Waals surface area contributed by atoms with Crippen molar-refractivity contribution < 1.29 is 28.6 Å². The molecule has 0 bridgehead atoms. The Bertz CT molecular complexity index is 640. The van der Waals surface area contributed by atoms with Gasteiger partial charge < -0.3 is 10.2 Å². The zero-order valence-corrected chi connectivity index (χ0v) is 16.6. The van der Waals surface area contributed by atoms with Gasteiger partial charge in [-0.2, -0.15) is 0 Å². The second-order valence-electron chi connectivity index (χ2n) is 9.47. The van der Waals surface area contributed by atoms with Gasteiger partial charge in [-0.05, 0) is 44.9 Å². The van der Waals surface area contributed by atoms with Gasteiger partial charge in [-0.1, -0.05) is 26.7 Å². The first-order valence-electron chi connectivity index (χ1n) is 10.2. The SMILES string of the molecule is CCCC[C@@]1(C)C(=O)CC[C@H]2[C@@H]3CC[C@](O)(C(=O)CF)[C@@]3(C)C[C@H](O)[C@@]21F. The molecule has 154 valence electrons. The molecule has 0 radical (unpaired) electrons. The third-order valence-electron chi connectivity index (χ3n) is 8.46. The van der Waals surface area contributed by atoms with Gasteiger partial charge in [0, 0.05) is 17.8 Å². The molecule has 0 aromatic rings. The van der Waals surface area contributed by atoms with E-state index in [2.05, 4.69) is 0 Å². The molecular weight excluding hydrogens is 354 g/mol. The van der Waals surface area contributed by atoms with Crippen molar-refractivity contribution in [3.8, 4) is 0 Å². The summed E-state index contributed by atoms with van der Waals surface area (Å²) >= 11 is 0. The Morgan fingerprint density at radius 1 is 1.26 bits per heavy atom. The monoisotopic (exact) mass is 386 g/mol. The van der Waals surface area contributed by atoms with Crippen LogP contribution < -0.4 is 0 Å². The van der Waals surface area contributed by atoms with Gasteiger partial charge in [0.05, 0.1) is 11.5 Å². The van der Waals surface area contributed by atoms with E-state index in [-0.39, 0.29) is 31.0 Å². The van der Waals surface area contributed by atoms with Crippen molar-refractivity contribution in [2.45, 2.75) is 89.5 Å². The molecule has 6 heteroatoms. The van der Waals surface area contributed by atoms with Gasteiger partial charge in [-0.3, -0.25) is 9.59 Å². The van der Waals surface area contributed by atoms with E-state index in [1.807, 2.05) is 6.92 Å². The minimum atomic E-state index is -2.08. The fourth-order valence-corrected chi connectivity index (χ4v) is 6.72. The highest BCUT2D eigenvalue weighted by molar-refractivity contribution is 5.90. The van der Waals surface area contributed by atoms with E-state index in [1.165, 1.54) is 0 Å². The average Bonchev–Trinajstić information content (AvgIpc) is 2.89. The number of carbonyl (C=O) groups excluding carboxylic acids is 2. The quantitative estimate of drug-likeness (QED) is 0.760. The van der Waals surface area contributed by atoms with E-state index in [0.717, 1.165) is 6.42 Å². The summed E-state index contributed by atoms with van der Waals surface area (Å²) in [5.41, 5.74) is -6.30. The van der Waals surface area contributed by atoms with Gasteiger partial charge in [-0.25, -0.2) is 8.78 Å². The Kier molecular flexibility index (Phi) is 5.08. The van der Waals surface area contributed by atoms with Crippen molar-refractivity contribution in [2.24, 2.45) is 22.7 Å². The fourth-order valence-electron chi connectivity index (χ4n) is 6.72. The fraction of sp³-hybridized carbons (Fsp3) is 0.905. The summed E-state index contributed by atoms with van der Waals surface area (Å²) in [6, 6.07) is 0. The number of Topliss-reactive ketones (excluding diaryl/α,β-unsaturated/α-hetero) is 2. The summed E-state index contributed by atoms with van der Waals surface area (Å²) in [6.45, 7) is 4.03. The molecule has 3 fully saturated rings. The standard InChI is InChI=1S/C21H32F2O4/c1-4-5-9-18(2)15(24)7-6-14-13-8-10-20(27,17(26)12-22)19(13,3)11-16(25)21(14,18)23/h13-14,16,25,27H,4-12H2,1-3H3/t13-,14-,16-,18-,19-,20-,21-/m0/s1. The Labute approximate surface area is 159 Å². The molecule has 3 saturated carbocycles. The molecule has 3 aliphatic carbocycles. The second kappa shape index (κ2) is 6.58. The lowest BCUT2D eigenvalue weighted by atomic mass is 9.45. The summed E-state index contributed by atoms with van der Waals surface area (Å²) in [4.78, 5) is 25.0. The number of ketones is 2. The first-order valence-corrected chi connectivity index (χ1v) is 10.2. The van der Waals surface area contributed by atoms with Gasteiger partial charge in [-0.15, -0.1) is 0 Å². The van der Waals surface area contributed by atoms with Crippen molar-refractivity contribution >= 4 is 11.6 Å². The lowest BCUT2D eigenvalue weighted by Gasteiger charge is -2.61. The van der Waals surface area contributed by atoms with Crippen LogP contribution in [0.5, 0.6) is 0 Å². The normalized spacial score (nSPS) is 49.6. The second-order valence-corrected chi connectivity index (χ2v) is 9.47. The van der Waals surface area contributed by atoms with Gasteiger partial charge in [0.1, 0.15) is 11.4 Å². The molecule has 27 heavy (non-hydrogen) atoms. The number of aliphatic hydroxyl groups is 2. The van der Waals surface area contributed by atoms with Crippen LogP contribution in [-0.2, 0) is 9.59 Å². The molecule has 0 heterocycles. The molecular formula is C21H32F2O4. The average molecular weight is 386 g/mol. The lowest BCUT2D eigenvalue weighted by molar-refractivity contribution is -0.231. The predicted octanol–water partition coefficient (Wildman–Crippen LogP) is 3.32. The lowest BCUT2D eigenvalue weighted by Crippen LogP contribution is -2.70. The minimum Gasteiger partial charge on any atom is -0.390 e. The van der Waals surface area contributed by atoms with Gasteiger partial charge >= 0.3 is 0 Å². The highest BCUT2D eigenvalue weighted by atomic mass is 19.1. The number of fused-ring (bicyclic) bond motifs is 3. The number of unbranched alkanes of at least 4 members (excludes halogenated alkanes) is 1. The first kappa shape index (κ1) is 20.8. The van der Waals surface area contributed by atoms with Crippen molar-refractivity contribution in [3.05, 3.63) is 0 Å². The molecule has 3 rings (SSSR count). The third kappa shape index (κ3) is 2.44. The molecule has 3 aliphatic rings. The predicted molar refractivity (Wildman–Crippen MR) is 96.6 cm³/mol.